The van der Waals surface area contributed by atoms with Gasteiger partial charge >= 0.3 is 12.2 Å². The third-order valence-electron chi connectivity index (χ3n) is 5.76. The van der Waals surface area contributed by atoms with Gasteiger partial charge in [-0.3, -0.25) is 9.80 Å². The van der Waals surface area contributed by atoms with Crippen LogP contribution in [0, 0.1) is 0 Å². The van der Waals surface area contributed by atoms with E-state index in [0.29, 0.717) is 30.2 Å². The minimum Gasteiger partial charge on any atom is -0.493 e. The summed E-state index contributed by atoms with van der Waals surface area (Å²) in [5.74, 6) is 1.00. The molecule has 0 saturated heterocycles. The quantitative estimate of drug-likeness (QED) is 0.528. The summed E-state index contributed by atoms with van der Waals surface area (Å²) in [5, 5.41) is 0. The Morgan fingerprint density at radius 3 is 2.32 bits per heavy atom. The van der Waals surface area contributed by atoms with Crippen molar-refractivity contribution in [1.29, 1.82) is 0 Å². The Hall–Kier alpha value is -3.42. The first-order valence-corrected chi connectivity index (χ1v) is 11.5. The third kappa shape index (κ3) is 5.38. The van der Waals surface area contributed by atoms with Crippen molar-refractivity contribution in [2.75, 3.05) is 25.7 Å². The van der Waals surface area contributed by atoms with Crippen LogP contribution in [0.15, 0.2) is 42.5 Å². The summed E-state index contributed by atoms with van der Waals surface area (Å²) < 4.78 is 22.0. The average molecular weight is 471 g/mol. The van der Waals surface area contributed by atoms with Gasteiger partial charge in [0.2, 0.25) is 0 Å². The van der Waals surface area contributed by atoms with E-state index >= 15 is 0 Å². The summed E-state index contributed by atoms with van der Waals surface area (Å²) in [6, 6.07) is 12.8. The molecule has 0 N–H and O–H groups in total. The fraction of sp³-hybridized carbons (Fsp3) is 0.462. The molecule has 0 fully saturated rings. The zero-order valence-electron chi connectivity index (χ0n) is 20.7. The number of ether oxygens (including phenoxy) is 4. The molecule has 0 radical (unpaired) electrons. The second kappa shape index (κ2) is 11.1. The van der Waals surface area contributed by atoms with Crippen LogP contribution in [0.25, 0.3) is 0 Å². The molecule has 184 valence electrons. The van der Waals surface area contributed by atoms with E-state index in [2.05, 4.69) is 0 Å². The van der Waals surface area contributed by atoms with Gasteiger partial charge < -0.3 is 18.9 Å². The molecule has 1 heterocycles. The molecule has 2 aromatic rings. The minimum atomic E-state index is -0.443. The van der Waals surface area contributed by atoms with E-state index in [1.54, 1.807) is 37.0 Å². The molecular weight excluding hydrogens is 436 g/mol. The lowest BCUT2D eigenvalue weighted by atomic mass is 9.90. The second-order valence-electron chi connectivity index (χ2n) is 8.48. The molecule has 8 nitrogen and oxygen atoms in total. The zero-order valence-corrected chi connectivity index (χ0v) is 20.7. The molecule has 1 aliphatic rings. The molecule has 2 unspecified atom stereocenters. The van der Waals surface area contributed by atoms with Crippen LogP contribution in [0.3, 0.4) is 0 Å². The monoisotopic (exact) mass is 470 g/mol. The van der Waals surface area contributed by atoms with E-state index in [9.17, 15) is 9.59 Å². The predicted octanol–water partition coefficient (Wildman–Crippen LogP) is 5.55. The van der Waals surface area contributed by atoms with Gasteiger partial charge in [-0.15, -0.1) is 0 Å². The van der Waals surface area contributed by atoms with Crippen LogP contribution in [0.5, 0.6) is 11.5 Å². The van der Waals surface area contributed by atoms with Crippen molar-refractivity contribution in [1.82, 2.24) is 4.90 Å². The first kappa shape index (κ1) is 25.2. The number of fused-ring (bicyclic) bond motifs is 1. The highest BCUT2D eigenvalue weighted by molar-refractivity contribution is 5.91. The molecule has 2 amide bonds. The summed E-state index contributed by atoms with van der Waals surface area (Å²) in [4.78, 5) is 29.5. The Balaban J connectivity index is 2.14. The average Bonchev–Trinajstić information content (AvgIpc) is 2.81. The normalized spacial score (nSPS) is 17.1. The maximum Gasteiger partial charge on any atom is 0.414 e. The molecule has 1 aliphatic heterocycles. The van der Waals surface area contributed by atoms with Crippen molar-refractivity contribution in [2.24, 2.45) is 0 Å². The highest BCUT2D eigenvalue weighted by Crippen LogP contribution is 2.46. The summed E-state index contributed by atoms with van der Waals surface area (Å²) in [5.41, 5.74) is 2.36. The van der Waals surface area contributed by atoms with Crippen molar-refractivity contribution in [3.05, 3.63) is 53.6 Å². The Bertz CT molecular complexity index is 994. The van der Waals surface area contributed by atoms with Gasteiger partial charge in [-0.1, -0.05) is 30.3 Å². The first-order valence-electron chi connectivity index (χ1n) is 11.5. The van der Waals surface area contributed by atoms with Crippen molar-refractivity contribution in [3.8, 4) is 11.5 Å². The number of benzene rings is 2. The van der Waals surface area contributed by atoms with E-state index < -0.39 is 12.2 Å². The van der Waals surface area contributed by atoms with Crippen molar-refractivity contribution < 1.29 is 28.5 Å². The van der Waals surface area contributed by atoms with E-state index in [4.69, 9.17) is 18.9 Å². The molecular formula is C26H34N2O6. The second-order valence-corrected chi connectivity index (χ2v) is 8.48. The fourth-order valence-electron chi connectivity index (χ4n) is 4.27. The Morgan fingerprint density at radius 1 is 1.09 bits per heavy atom. The van der Waals surface area contributed by atoms with Crippen LogP contribution in [0.2, 0.25) is 0 Å². The number of anilines is 1. The Kier molecular flexibility index (Phi) is 8.26. The number of amides is 2. The van der Waals surface area contributed by atoms with Crippen molar-refractivity contribution >= 4 is 17.9 Å². The molecule has 2 aromatic carbocycles. The first-order chi connectivity index (χ1) is 16.3. The van der Waals surface area contributed by atoms with Gasteiger partial charge in [0.05, 0.1) is 38.7 Å². The lowest BCUT2D eigenvalue weighted by molar-refractivity contribution is 0.0560. The smallest absolute Gasteiger partial charge is 0.414 e. The molecule has 0 aromatic heterocycles. The van der Waals surface area contributed by atoms with Gasteiger partial charge in [-0.25, -0.2) is 9.59 Å². The van der Waals surface area contributed by atoms with Crippen LogP contribution >= 0.6 is 0 Å². The molecule has 34 heavy (non-hydrogen) atoms. The number of carbonyl (C=O) groups excluding carboxylic acids is 2. The SMILES string of the molecule is CCOC(=O)N1c2cc(OC)c(OC)cc2C(N(Cc2ccccc2)C(=O)OC(C)C)CC1C. The number of nitrogens with zero attached hydrogens (tertiary/aromatic N) is 2. The molecule has 3 rings (SSSR count). The number of carbonyl (C=O) groups is 2. The van der Waals surface area contributed by atoms with Crippen molar-refractivity contribution in [3.63, 3.8) is 0 Å². The molecule has 8 heteroatoms. The van der Waals surface area contributed by atoms with Gasteiger partial charge in [-0.2, -0.15) is 0 Å². The lowest BCUT2D eigenvalue weighted by Gasteiger charge is -2.43. The van der Waals surface area contributed by atoms with Gasteiger partial charge in [0, 0.05) is 24.2 Å². The van der Waals surface area contributed by atoms with E-state index in [1.807, 2.05) is 57.2 Å². The highest BCUT2D eigenvalue weighted by Gasteiger charge is 2.40. The molecule has 0 spiro atoms. The number of rotatable bonds is 7. The van der Waals surface area contributed by atoms with Gasteiger partial charge in [0.25, 0.3) is 0 Å². The Labute approximate surface area is 201 Å². The maximum absolute atomic E-state index is 13.3. The Morgan fingerprint density at radius 2 is 1.74 bits per heavy atom. The number of hydrogen-bond acceptors (Lipinski definition) is 6. The van der Waals surface area contributed by atoms with Crippen molar-refractivity contribution in [2.45, 2.75) is 58.8 Å². The van der Waals surface area contributed by atoms with Crippen LogP contribution in [0.4, 0.5) is 15.3 Å². The van der Waals surface area contributed by atoms with Gasteiger partial charge in [-0.05, 0) is 45.7 Å². The van der Waals surface area contributed by atoms with Gasteiger partial charge in [0.15, 0.2) is 11.5 Å². The number of methoxy groups -OCH3 is 2. The molecule has 0 saturated carbocycles. The lowest BCUT2D eigenvalue weighted by Crippen LogP contribution is -2.48. The molecule has 0 bridgehead atoms. The summed E-state index contributed by atoms with van der Waals surface area (Å²) in [7, 11) is 3.10. The highest BCUT2D eigenvalue weighted by atomic mass is 16.6. The standard InChI is InChI=1S/C26H34N2O6/c1-7-33-26(30)28-18(4)13-21(20-14-23(31-5)24(32-6)15-22(20)28)27(25(29)34-17(2)3)16-19-11-9-8-10-12-19/h8-12,14-15,17-18,21H,7,13,16H2,1-6H3. The van der Waals surface area contributed by atoms with Crippen LogP contribution in [-0.2, 0) is 16.0 Å². The van der Waals surface area contributed by atoms with Crippen LogP contribution < -0.4 is 14.4 Å². The topological polar surface area (TPSA) is 77.5 Å². The van der Waals surface area contributed by atoms with Crippen LogP contribution in [-0.4, -0.2) is 50.1 Å². The van der Waals surface area contributed by atoms with E-state index in [1.165, 1.54) is 0 Å². The predicted molar refractivity (Wildman–Crippen MR) is 129 cm³/mol. The largest absolute Gasteiger partial charge is 0.493 e. The molecule has 2 atom stereocenters. The summed E-state index contributed by atoms with van der Waals surface area (Å²) in [6.45, 7) is 7.98. The number of hydrogen-bond donors (Lipinski definition) is 0. The van der Waals surface area contributed by atoms with Crippen LogP contribution in [0.1, 0.15) is 51.3 Å². The van der Waals surface area contributed by atoms with E-state index in [0.717, 1.165) is 11.1 Å². The minimum absolute atomic E-state index is 0.236. The summed E-state index contributed by atoms with van der Waals surface area (Å²) in [6.07, 6.45) is -0.628. The van der Waals surface area contributed by atoms with E-state index in [-0.39, 0.29) is 24.8 Å². The third-order valence-corrected chi connectivity index (χ3v) is 5.76. The van der Waals surface area contributed by atoms with Gasteiger partial charge in [0.1, 0.15) is 0 Å². The molecule has 0 aliphatic carbocycles. The maximum atomic E-state index is 13.3. The zero-order chi connectivity index (χ0) is 24.8. The summed E-state index contributed by atoms with van der Waals surface area (Å²) >= 11 is 0. The fourth-order valence-corrected chi connectivity index (χ4v) is 4.27.